The molecule has 0 radical (unpaired) electrons. The predicted octanol–water partition coefficient (Wildman–Crippen LogP) is 2.61. The molecule has 2 atom stereocenters. The summed E-state index contributed by atoms with van der Waals surface area (Å²) in [4.78, 5) is 35.2. The molecule has 5 nitrogen and oxygen atoms in total. The Balaban J connectivity index is 1.78. The Kier molecular flexibility index (Phi) is 4.77. The molecule has 0 saturated carbocycles. The molecule has 0 aromatic carbocycles. The number of Topliss-reactive ketones (excluding diaryl/α,β-unsaturated/α-hetero) is 1. The van der Waals surface area contributed by atoms with E-state index in [1.807, 2.05) is 0 Å². The lowest BCUT2D eigenvalue weighted by atomic mass is 10.2. The molecule has 7 heteroatoms. The molecular weight excluding hydrogens is 304 g/mol. The molecule has 1 fully saturated rings. The third kappa shape index (κ3) is 3.80. The van der Waals surface area contributed by atoms with E-state index < -0.39 is 18.0 Å². The largest absolute Gasteiger partial charge is 0.460 e. The number of rotatable bonds is 5. The van der Waals surface area contributed by atoms with Gasteiger partial charge in [0.25, 0.3) is 0 Å². The number of ketones is 1. The predicted molar refractivity (Wildman–Crippen MR) is 72.9 cm³/mol. The molecule has 1 aromatic rings. The summed E-state index contributed by atoms with van der Waals surface area (Å²) >= 11 is 6.90. The van der Waals surface area contributed by atoms with E-state index in [1.54, 1.807) is 19.1 Å². The van der Waals surface area contributed by atoms with E-state index in [0.29, 0.717) is 15.6 Å². The van der Waals surface area contributed by atoms with Gasteiger partial charge >= 0.3 is 11.9 Å². The van der Waals surface area contributed by atoms with Gasteiger partial charge in [-0.05, 0) is 19.1 Å². The first-order valence-electron chi connectivity index (χ1n) is 6.14. The molecule has 0 aliphatic carbocycles. The van der Waals surface area contributed by atoms with Crippen molar-refractivity contribution in [2.45, 2.75) is 38.4 Å². The molecule has 0 N–H and O–H groups in total. The van der Waals surface area contributed by atoms with E-state index in [4.69, 9.17) is 21.1 Å². The maximum absolute atomic E-state index is 11.8. The van der Waals surface area contributed by atoms with Crippen molar-refractivity contribution in [3.63, 3.8) is 0 Å². The van der Waals surface area contributed by atoms with Gasteiger partial charge in [0, 0.05) is 12.8 Å². The number of esters is 2. The molecule has 0 spiro atoms. The van der Waals surface area contributed by atoms with Crippen LogP contribution in [-0.2, 0) is 19.1 Å². The van der Waals surface area contributed by atoms with Gasteiger partial charge in [0.15, 0.2) is 5.78 Å². The monoisotopic (exact) mass is 316 g/mol. The highest BCUT2D eigenvalue weighted by molar-refractivity contribution is 7.18. The fraction of sp³-hybridized carbons (Fsp3) is 0.462. The Bertz CT molecular complexity index is 539. The van der Waals surface area contributed by atoms with Crippen LogP contribution in [0.4, 0.5) is 0 Å². The Morgan fingerprint density at radius 1 is 1.45 bits per heavy atom. The number of hydrogen-bond acceptors (Lipinski definition) is 6. The summed E-state index contributed by atoms with van der Waals surface area (Å²) in [5.74, 6) is -1.26. The van der Waals surface area contributed by atoms with Gasteiger partial charge in [0.1, 0.15) is 6.10 Å². The van der Waals surface area contributed by atoms with E-state index in [-0.39, 0.29) is 24.7 Å². The van der Waals surface area contributed by atoms with Crippen LogP contribution in [0.2, 0.25) is 4.34 Å². The summed E-state index contributed by atoms with van der Waals surface area (Å²) in [7, 11) is 0. The standard InChI is InChI=1S/C13H13ClO5S/c1-7-6-9(13(17)18-7)19-12(16)5-2-8(15)10-3-4-11(14)20-10/h3-4,7,9H,2,5-6H2,1H3/t7-,9+/m1/s1. The zero-order valence-corrected chi connectivity index (χ0v) is 12.3. The third-order valence-corrected chi connectivity index (χ3v) is 4.08. The minimum atomic E-state index is -0.844. The minimum Gasteiger partial charge on any atom is -0.460 e. The molecule has 108 valence electrons. The fourth-order valence-electron chi connectivity index (χ4n) is 1.84. The van der Waals surface area contributed by atoms with Gasteiger partial charge in [0.05, 0.1) is 15.6 Å². The fourth-order valence-corrected chi connectivity index (χ4v) is 2.85. The van der Waals surface area contributed by atoms with Crippen molar-refractivity contribution < 1.29 is 23.9 Å². The number of ether oxygens (including phenoxy) is 2. The summed E-state index contributed by atoms with van der Waals surface area (Å²) < 4.78 is 10.4. The highest BCUT2D eigenvalue weighted by Crippen LogP contribution is 2.23. The molecule has 0 amide bonds. The number of thiophene rings is 1. The Morgan fingerprint density at radius 3 is 2.75 bits per heavy atom. The van der Waals surface area contributed by atoms with Crippen molar-refractivity contribution in [1.29, 1.82) is 0 Å². The molecule has 20 heavy (non-hydrogen) atoms. The average molecular weight is 317 g/mol. The van der Waals surface area contributed by atoms with E-state index in [0.717, 1.165) is 0 Å². The van der Waals surface area contributed by atoms with Crippen LogP contribution in [0, 0.1) is 0 Å². The van der Waals surface area contributed by atoms with Crippen LogP contribution in [0.1, 0.15) is 35.9 Å². The number of hydrogen-bond donors (Lipinski definition) is 0. The summed E-state index contributed by atoms with van der Waals surface area (Å²) in [5.41, 5.74) is 0. The van der Waals surface area contributed by atoms with Crippen LogP contribution >= 0.6 is 22.9 Å². The topological polar surface area (TPSA) is 69.7 Å². The molecule has 1 saturated heterocycles. The summed E-state index contributed by atoms with van der Waals surface area (Å²) in [6.45, 7) is 1.73. The average Bonchev–Trinajstić information content (AvgIpc) is 2.93. The van der Waals surface area contributed by atoms with Crippen LogP contribution < -0.4 is 0 Å². The first kappa shape index (κ1) is 15.0. The van der Waals surface area contributed by atoms with Crippen LogP contribution in [0.25, 0.3) is 0 Å². The minimum absolute atomic E-state index is 0.0347. The number of halogens is 1. The number of cyclic esters (lactones) is 1. The normalized spacial score (nSPS) is 21.6. The molecule has 1 aliphatic rings. The van der Waals surface area contributed by atoms with Crippen molar-refractivity contribution in [3.05, 3.63) is 21.3 Å². The van der Waals surface area contributed by atoms with Gasteiger partial charge in [-0.25, -0.2) is 4.79 Å². The molecule has 1 aromatic heterocycles. The summed E-state index contributed by atoms with van der Waals surface area (Å²) in [5, 5.41) is 0. The molecular formula is C13H13ClO5S. The highest BCUT2D eigenvalue weighted by atomic mass is 35.5. The molecule has 0 bridgehead atoms. The van der Waals surface area contributed by atoms with Crippen LogP contribution in [-0.4, -0.2) is 29.9 Å². The second-order valence-electron chi connectivity index (χ2n) is 4.49. The van der Waals surface area contributed by atoms with Crippen molar-refractivity contribution in [1.82, 2.24) is 0 Å². The van der Waals surface area contributed by atoms with Crippen molar-refractivity contribution in [2.24, 2.45) is 0 Å². The lowest BCUT2D eigenvalue weighted by Crippen LogP contribution is -2.22. The zero-order chi connectivity index (χ0) is 14.7. The van der Waals surface area contributed by atoms with E-state index in [2.05, 4.69) is 0 Å². The van der Waals surface area contributed by atoms with Crippen molar-refractivity contribution in [3.8, 4) is 0 Å². The summed E-state index contributed by atoms with van der Waals surface area (Å²) in [6, 6.07) is 3.25. The van der Waals surface area contributed by atoms with Gasteiger partial charge in [-0.3, -0.25) is 9.59 Å². The first-order valence-corrected chi connectivity index (χ1v) is 7.33. The quantitative estimate of drug-likeness (QED) is 0.617. The van der Waals surface area contributed by atoms with Crippen LogP contribution in [0.3, 0.4) is 0 Å². The number of carbonyl (C=O) groups excluding carboxylic acids is 3. The summed E-state index contributed by atoms with van der Waals surface area (Å²) in [6.07, 6.45) is -0.752. The van der Waals surface area contributed by atoms with E-state index in [1.165, 1.54) is 11.3 Å². The van der Waals surface area contributed by atoms with Crippen molar-refractivity contribution in [2.75, 3.05) is 0 Å². The molecule has 2 rings (SSSR count). The molecule has 1 aliphatic heterocycles. The molecule has 0 unspecified atom stereocenters. The van der Waals surface area contributed by atoms with Gasteiger partial charge in [-0.2, -0.15) is 0 Å². The van der Waals surface area contributed by atoms with Gasteiger partial charge < -0.3 is 9.47 Å². The highest BCUT2D eigenvalue weighted by Gasteiger charge is 2.34. The Morgan fingerprint density at radius 2 is 2.20 bits per heavy atom. The van der Waals surface area contributed by atoms with Gasteiger partial charge in [-0.15, -0.1) is 11.3 Å². The maximum Gasteiger partial charge on any atom is 0.347 e. The first-order chi connectivity index (χ1) is 9.45. The second kappa shape index (κ2) is 6.37. The van der Waals surface area contributed by atoms with Gasteiger partial charge in [-0.1, -0.05) is 11.6 Å². The SMILES string of the molecule is C[C@@H]1C[C@H](OC(=O)CCC(=O)c2ccc(Cl)s2)C(=O)O1. The van der Waals surface area contributed by atoms with Crippen molar-refractivity contribution >= 4 is 40.7 Å². The third-order valence-electron chi connectivity index (χ3n) is 2.80. The lowest BCUT2D eigenvalue weighted by Gasteiger charge is -2.07. The van der Waals surface area contributed by atoms with E-state index >= 15 is 0 Å². The smallest absolute Gasteiger partial charge is 0.347 e. The molecule has 2 heterocycles. The maximum atomic E-state index is 11.8. The Hall–Kier alpha value is -1.40. The van der Waals surface area contributed by atoms with Gasteiger partial charge in [0.2, 0.25) is 6.10 Å². The van der Waals surface area contributed by atoms with Crippen LogP contribution in [0.5, 0.6) is 0 Å². The Labute approximate surface area is 124 Å². The van der Waals surface area contributed by atoms with Crippen LogP contribution in [0.15, 0.2) is 12.1 Å². The zero-order valence-electron chi connectivity index (χ0n) is 10.8. The van der Waals surface area contributed by atoms with E-state index in [9.17, 15) is 14.4 Å². The second-order valence-corrected chi connectivity index (χ2v) is 6.20. The number of carbonyl (C=O) groups is 3. The lowest BCUT2D eigenvalue weighted by molar-refractivity contribution is -0.160.